The molecule has 0 radical (unpaired) electrons. The normalized spacial score (nSPS) is 20.2. The van der Waals surface area contributed by atoms with E-state index in [1.54, 1.807) is 6.07 Å². The molecule has 2 rings (SSSR count). The van der Waals surface area contributed by atoms with E-state index in [4.69, 9.17) is 0 Å². The number of nitrogens with one attached hydrogen (secondary N) is 1. The first-order chi connectivity index (χ1) is 6.55. The lowest BCUT2D eigenvalue weighted by Gasteiger charge is -2.43. The van der Waals surface area contributed by atoms with Crippen LogP contribution in [0.5, 0.6) is 0 Å². The van der Waals surface area contributed by atoms with E-state index in [2.05, 4.69) is 24.1 Å². The number of anilines is 1. The SMILES string of the molecule is CC1(C)CC(Nc2ccnc(F)c2)C1. The second kappa shape index (κ2) is 3.23. The van der Waals surface area contributed by atoms with Crippen molar-refractivity contribution in [3.05, 3.63) is 24.3 Å². The molecule has 76 valence electrons. The van der Waals surface area contributed by atoms with E-state index in [9.17, 15) is 4.39 Å². The smallest absolute Gasteiger partial charge is 0.214 e. The summed E-state index contributed by atoms with van der Waals surface area (Å²) in [4.78, 5) is 3.51. The second-order valence-electron chi connectivity index (χ2n) is 4.78. The number of hydrogen-bond donors (Lipinski definition) is 1. The maximum Gasteiger partial charge on any atom is 0.214 e. The molecule has 2 nitrogen and oxygen atoms in total. The Kier molecular flexibility index (Phi) is 2.17. The molecular formula is C11H15FN2. The number of pyridine rings is 1. The van der Waals surface area contributed by atoms with Gasteiger partial charge in [-0.15, -0.1) is 0 Å². The van der Waals surface area contributed by atoms with Crippen LogP contribution >= 0.6 is 0 Å². The summed E-state index contributed by atoms with van der Waals surface area (Å²) < 4.78 is 12.7. The van der Waals surface area contributed by atoms with Gasteiger partial charge < -0.3 is 5.32 Å². The van der Waals surface area contributed by atoms with Gasteiger partial charge in [0.15, 0.2) is 0 Å². The molecule has 0 bridgehead atoms. The average molecular weight is 194 g/mol. The first-order valence-corrected chi connectivity index (χ1v) is 4.93. The maximum atomic E-state index is 12.7. The van der Waals surface area contributed by atoms with Crippen LogP contribution in [0.1, 0.15) is 26.7 Å². The molecule has 0 amide bonds. The Bertz CT molecular complexity index is 328. The van der Waals surface area contributed by atoms with Gasteiger partial charge in [-0.2, -0.15) is 4.39 Å². The minimum atomic E-state index is -0.423. The molecular weight excluding hydrogens is 179 g/mol. The van der Waals surface area contributed by atoms with E-state index < -0.39 is 5.95 Å². The van der Waals surface area contributed by atoms with E-state index in [1.165, 1.54) is 12.3 Å². The lowest BCUT2D eigenvalue weighted by molar-refractivity contribution is 0.167. The van der Waals surface area contributed by atoms with Crippen molar-refractivity contribution in [2.75, 3.05) is 5.32 Å². The molecule has 1 aliphatic rings. The quantitative estimate of drug-likeness (QED) is 0.732. The van der Waals surface area contributed by atoms with Gasteiger partial charge in [-0.1, -0.05) is 13.8 Å². The zero-order valence-electron chi connectivity index (χ0n) is 8.55. The summed E-state index contributed by atoms with van der Waals surface area (Å²) in [6.45, 7) is 4.50. The van der Waals surface area contributed by atoms with Gasteiger partial charge in [0.1, 0.15) is 0 Å². The summed E-state index contributed by atoms with van der Waals surface area (Å²) in [5.74, 6) is -0.423. The van der Waals surface area contributed by atoms with Crippen molar-refractivity contribution in [2.45, 2.75) is 32.7 Å². The van der Waals surface area contributed by atoms with E-state index in [0.717, 1.165) is 18.5 Å². The minimum Gasteiger partial charge on any atom is -0.382 e. The van der Waals surface area contributed by atoms with Gasteiger partial charge in [-0.05, 0) is 24.3 Å². The Morgan fingerprint density at radius 2 is 2.21 bits per heavy atom. The van der Waals surface area contributed by atoms with Gasteiger partial charge in [-0.25, -0.2) is 4.98 Å². The van der Waals surface area contributed by atoms with Crippen molar-refractivity contribution in [2.24, 2.45) is 5.41 Å². The summed E-state index contributed by atoms with van der Waals surface area (Å²) in [7, 11) is 0. The third kappa shape index (κ3) is 2.03. The van der Waals surface area contributed by atoms with Gasteiger partial charge in [0.05, 0.1) is 0 Å². The first-order valence-electron chi connectivity index (χ1n) is 4.93. The number of halogens is 1. The van der Waals surface area contributed by atoms with Crippen molar-refractivity contribution in [1.82, 2.24) is 4.98 Å². The fraction of sp³-hybridized carbons (Fsp3) is 0.545. The Morgan fingerprint density at radius 1 is 1.50 bits per heavy atom. The summed E-state index contributed by atoms with van der Waals surface area (Å²) in [6, 6.07) is 3.73. The lowest BCUT2D eigenvalue weighted by atomic mass is 9.68. The van der Waals surface area contributed by atoms with E-state index in [0.29, 0.717) is 11.5 Å². The van der Waals surface area contributed by atoms with E-state index >= 15 is 0 Å². The number of hydrogen-bond acceptors (Lipinski definition) is 2. The van der Waals surface area contributed by atoms with Crippen molar-refractivity contribution in [1.29, 1.82) is 0 Å². The highest BCUT2D eigenvalue weighted by molar-refractivity contribution is 5.43. The predicted octanol–water partition coefficient (Wildman–Crippen LogP) is 2.82. The zero-order valence-corrected chi connectivity index (χ0v) is 8.55. The second-order valence-corrected chi connectivity index (χ2v) is 4.78. The fourth-order valence-corrected chi connectivity index (χ4v) is 2.10. The van der Waals surface area contributed by atoms with Crippen LogP contribution in [0, 0.1) is 11.4 Å². The molecule has 0 saturated heterocycles. The first kappa shape index (κ1) is 9.44. The summed E-state index contributed by atoms with van der Waals surface area (Å²) >= 11 is 0. The Balaban J connectivity index is 1.93. The average Bonchev–Trinajstić information content (AvgIpc) is 2.00. The van der Waals surface area contributed by atoms with Crippen molar-refractivity contribution in [3.63, 3.8) is 0 Å². The van der Waals surface area contributed by atoms with Crippen molar-refractivity contribution in [3.8, 4) is 0 Å². The van der Waals surface area contributed by atoms with E-state index in [-0.39, 0.29) is 0 Å². The topological polar surface area (TPSA) is 24.9 Å². The third-order valence-electron chi connectivity index (χ3n) is 2.70. The third-order valence-corrected chi connectivity index (χ3v) is 2.70. The molecule has 1 aromatic rings. The van der Waals surface area contributed by atoms with Crippen LogP contribution in [-0.2, 0) is 0 Å². The molecule has 1 saturated carbocycles. The largest absolute Gasteiger partial charge is 0.382 e. The van der Waals surface area contributed by atoms with Crippen LogP contribution in [0.3, 0.4) is 0 Å². The molecule has 0 aromatic carbocycles. The molecule has 1 aliphatic carbocycles. The monoisotopic (exact) mass is 194 g/mol. The van der Waals surface area contributed by atoms with Crippen molar-refractivity contribution >= 4 is 5.69 Å². The van der Waals surface area contributed by atoms with Crippen molar-refractivity contribution < 1.29 is 4.39 Å². The Morgan fingerprint density at radius 3 is 2.79 bits per heavy atom. The van der Waals surface area contributed by atoms with Gasteiger partial charge in [0.25, 0.3) is 0 Å². The minimum absolute atomic E-state index is 0.423. The van der Waals surface area contributed by atoms with Crippen LogP contribution in [0.4, 0.5) is 10.1 Å². The molecule has 0 unspecified atom stereocenters. The lowest BCUT2D eigenvalue weighted by Crippen LogP contribution is -2.41. The van der Waals surface area contributed by atoms with Gasteiger partial charge >= 0.3 is 0 Å². The Hall–Kier alpha value is -1.12. The highest BCUT2D eigenvalue weighted by atomic mass is 19.1. The highest BCUT2D eigenvalue weighted by Crippen LogP contribution is 2.41. The molecule has 1 heterocycles. The molecule has 1 N–H and O–H groups in total. The standard InChI is InChI=1S/C11H15FN2/c1-11(2)6-9(7-11)14-8-3-4-13-10(12)5-8/h3-5,9H,6-7H2,1-2H3,(H,13,14). The summed E-state index contributed by atoms with van der Waals surface area (Å²) in [5, 5.41) is 3.29. The number of rotatable bonds is 2. The van der Waals surface area contributed by atoms with Crippen LogP contribution < -0.4 is 5.32 Å². The number of aromatic nitrogens is 1. The van der Waals surface area contributed by atoms with Crippen LogP contribution in [0.2, 0.25) is 0 Å². The molecule has 14 heavy (non-hydrogen) atoms. The molecule has 1 fully saturated rings. The molecule has 0 atom stereocenters. The summed E-state index contributed by atoms with van der Waals surface area (Å²) in [5.41, 5.74) is 1.28. The molecule has 0 aliphatic heterocycles. The Labute approximate surface area is 83.6 Å². The van der Waals surface area contributed by atoms with Gasteiger partial charge in [-0.3, -0.25) is 0 Å². The van der Waals surface area contributed by atoms with Gasteiger partial charge in [0.2, 0.25) is 5.95 Å². The zero-order chi connectivity index (χ0) is 10.2. The fourth-order valence-electron chi connectivity index (χ4n) is 2.10. The van der Waals surface area contributed by atoms with Gasteiger partial charge in [0, 0.05) is 24.0 Å². The van der Waals surface area contributed by atoms with Crippen LogP contribution in [0.25, 0.3) is 0 Å². The van der Waals surface area contributed by atoms with Crippen LogP contribution in [-0.4, -0.2) is 11.0 Å². The molecule has 1 aromatic heterocycles. The number of nitrogens with zero attached hydrogens (tertiary/aromatic N) is 1. The summed E-state index contributed by atoms with van der Waals surface area (Å²) in [6.07, 6.45) is 3.79. The van der Waals surface area contributed by atoms with E-state index in [1.807, 2.05) is 0 Å². The maximum absolute atomic E-state index is 12.7. The predicted molar refractivity (Wildman–Crippen MR) is 54.6 cm³/mol. The van der Waals surface area contributed by atoms with Crippen LogP contribution in [0.15, 0.2) is 18.3 Å². The highest BCUT2D eigenvalue weighted by Gasteiger charge is 2.35. The molecule has 0 spiro atoms. The molecule has 3 heteroatoms.